The Morgan fingerprint density at radius 1 is 1.62 bits per heavy atom. The molecule has 0 aromatic carbocycles. The second-order valence-corrected chi connectivity index (χ2v) is 3.67. The monoisotopic (exact) mass is 187 g/mol. The molecule has 0 bridgehead atoms. The van der Waals surface area contributed by atoms with Crippen LogP contribution in [0, 0.1) is 0 Å². The maximum atomic E-state index is 11.5. The van der Waals surface area contributed by atoms with Crippen molar-refractivity contribution in [2.75, 3.05) is 13.5 Å². The minimum absolute atomic E-state index is 0.614. The molecule has 0 aromatic rings. The number of carbonyl (C=O) groups is 1. The minimum Gasteiger partial charge on any atom is -0.444 e. The second-order valence-electron chi connectivity index (χ2n) is 3.67. The molecule has 0 saturated carbocycles. The standard InChI is InChI=1S/C10H19NO2/c1-6-7-8-11(5)9(12)13-10(2,3)4/h6-7H,8H2,1-5H3/b7-6+/i8D2. The zero-order chi connectivity index (χ0) is 12.3. The third-order valence-electron chi connectivity index (χ3n) is 1.10. The molecule has 0 heterocycles. The van der Waals surface area contributed by atoms with E-state index in [1.807, 2.05) is 0 Å². The number of hydrogen-bond donors (Lipinski definition) is 0. The predicted molar refractivity (Wildman–Crippen MR) is 53.7 cm³/mol. The van der Waals surface area contributed by atoms with Gasteiger partial charge in [0.25, 0.3) is 0 Å². The van der Waals surface area contributed by atoms with E-state index in [0.29, 0.717) is 0 Å². The van der Waals surface area contributed by atoms with E-state index in [-0.39, 0.29) is 0 Å². The maximum absolute atomic E-state index is 11.5. The number of allylic oxidation sites excluding steroid dienone is 1. The third-order valence-corrected chi connectivity index (χ3v) is 1.10. The van der Waals surface area contributed by atoms with Gasteiger partial charge in [0, 0.05) is 13.5 Å². The van der Waals surface area contributed by atoms with Crippen LogP contribution in [0.4, 0.5) is 4.79 Å². The summed E-state index contributed by atoms with van der Waals surface area (Å²) in [6.45, 7) is 5.09. The second kappa shape index (κ2) is 4.90. The lowest BCUT2D eigenvalue weighted by Crippen LogP contribution is -2.34. The van der Waals surface area contributed by atoms with Crippen LogP contribution in [0.25, 0.3) is 0 Å². The first kappa shape index (κ1) is 8.60. The zero-order valence-corrected chi connectivity index (χ0v) is 8.92. The highest BCUT2D eigenvalue weighted by atomic mass is 16.6. The van der Waals surface area contributed by atoms with Gasteiger partial charge in [0.15, 0.2) is 0 Å². The summed E-state index contributed by atoms with van der Waals surface area (Å²) < 4.78 is 20.2. The molecule has 0 radical (unpaired) electrons. The molecule has 0 fully saturated rings. The molecule has 0 saturated heterocycles. The first-order valence-electron chi connectivity index (χ1n) is 5.21. The van der Waals surface area contributed by atoms with Crippen LogP contribution in [0.2, 0.25) is 0 Å². The van der Waals surface area contributed by atoms with Crippen molar-refractivity contribution in [3.05, 3.63) is 12.2 Å². The summed E-state index contributed by atoms with van der Waals surface area (Å²) in [4.78, 5) is 12.4. The van der Waals surface area contributed by atoms with Gasteiger partial charge in [0.1, 0.15) is 5.60 Å². The van der Waals surface area contributed by atoms with Crippen molar-refractivity contribution < 1.29 is 12.3 Å². The van der Waals surface area contributed by atoms with E-state index in [1.165, 1.54) is 13.1 Å². The minimum atomic E-state index is -1.82. The number of ether oxygens (including phenoxy) is 1. The molecular formula is C10H19NO2. The highest BCUT2D eigenvalue weighted by Crippen LogP contribution is 2.08. The van der Waals surface area contributed by atoms with E-state index in [0.717, 1.165) is 4.90 Å². The molecule has 1 amide bonds. The normalized spacial score (nSPS) is 15.2. The fourth-order valence-corrected chi connectivity index (χ4v) is 0.569. The molecule has 0 unspecified atom stereocenters. The molecule has 76 valence electrons. The molecule has 0 aliphatic carbocycles. The zero-order valence-electron chi connectivity index (χ0n) is 10.9. The highest BCUT2D eigenvalue weighted by Gasteiger charge is 2.18. The molecule has 0 aliphatic heterocycles. The Bertz CT molecular complexity index is 257. The van der Waals surface area contributed by atoms with E-state index >= 15 is 0 Å². The van der Waals surface area contributed by atoms with Crippen LogP contribution in [-0.2, 0) is 4.74 Å². The van der Waals surface area contributed by atoms with Crippen LogP contribution >= 0.6 is 0 Å². The van der Waals surface area contributed by atoms with Crippen LogP contribution in [0.3, 0.4) is 0 Å². The van der Waals surface area contributed by atoms with Crippen molar-refractivity contribution in [3.63, 3.8) is 0 Å². The van der Waals surface area contributed by atoms with Gasteiger partial charge in [-0.3, -0.25) is 0 Å². The van der Waals surface area contributed by atoms with Crippen LogP contribution in [0.1, 0.15) is 30.4 Å². The summed E-state index contributed by atoms with van der Waals surface area (Å²) in [6, 6.07) is 0. The van der Waals surface area contributed by atoms with Crippen molar-refractivity contribution in [1.29, 1.82) is 0 Å². The fraction of sp³-hybridized carbons (Fsp3) is 0.700. The lowest BCUT2D eigenvalue weighted by molar-refractivity contribution is 0.0318. The first-order chi connectivity index (χ1) is 6.60. The summed E-state index contributed by atoms with van der Waals surface area (Å²) in [6.07, 6.45) is 2.18. The van der Waals surface area contributed by atoms with Crippen molar-refractivity contribution in [2.24, 2.45) is 0 Å². The molecule has 3 nitrogen and oxygen atoms in total. The van der Waals surface area contributed by atoms with Crippen molar-refractivity contribution in [2.45, 2.75) is 33.3 Å². The smallest absolute Gasteiger partial charge is 0.410 e. The molecular weight excluding hydrogens is 166 g/mol. The summed E-state index contributed by atoms with van der Waals surface area (Å²) in [5.74, 6) is 0. The molecule has 0 spiro atoms. The number of likely N-dealkylation sites (N-methyl/N-ethyl adjacent to an activating group) is 1. The van der Waals surface area contributed by atoms with E-state index in [1.54, 1.807) is 33.8 Å². The van der Waals surface area contributed by atoms with Gasteiger partial charge in [-0.05, 0) is 27.7 Å². The summed E-state index contributed by atoms with van der Waals surface area (Å²) in [5.41, 5.74) is -0.614. The van der Waals surface area contributed by atoms with Crippen LogP contribution < -0.4 is 0 Å². The van der Waals surface area contributed by atoms with Crippen LogP contribution in [0.15, 0.2) is 12.2 Å². The van der Waals surface area contributed by atoms with E-state index in [4.69, 9.17) is 7.48 Å². The van der Waals surface area contributed by atoms with Gasteiger partial charge in [-0.25, -0.2) is 4.79 Å². The largest absolute Gasteiger partial charge is 0.444 e. The summed E-state index contributed by atoms with van der Waals surface area (Å²) in [7, 11) is 1.37. The Hall–Kier alpha value is -0.990. The Labute approximate surface area is 83.2 Å². The summed E-state index contributed by atoms with van der Waals surface area (Å²) >= 11 is 0. The number of nitrogens with zero attached hydrogens (tertiary/aromatic N) is 1. The number of amides is 1. The van der Waals surface area contributed by atoms with Gasteiger partial charge in [0.2, 0.25) is 0 Å². The van der Waals surface area contributed by atoms with Crippen LogP contribution in [-0.4, -0.2) is 30.1 Å². The Kier molecular flexibility index (Phi) is 3.24. The number of hydrogen-bond acceptors (Lipinski definition) is 2. The SMILES string of the molecule is [2H]C([2H])(/C=C/C)N(C)C(=O)OC(C)(C)C. The molecule has 0 N–H and O–H groups in total. The quantitative estimate of drug-likeness (QED) is 0.621. The maximum Gasteiger partial charge on any atom is 0.410 e. The Balaban J connectivity index is 4.58. The lowest BCUT2D eigenvalue weighted by atomic mass is 10.2. The van der Waals surface area contributed by atoms with Gasteiger partial charge in [0.05, 0.1) is 2.74 Å². The number of carbonyl (C=O) groups excluding carboxylic acids is 1. The Morgan fingerprint density at radius 3 is 2.54 bits per heavy atom. The molecule has 0 atom stereocenters. The van der Waals surface area contributed by atoms with Crippen molar-refractivity contribution in [3.8, 4) is 0 Å². The molecule has 3 heteroatoms. The van der Waals surface area contributed by atoms with Crippen molar-refractivity contribution >= 4 is 6.09 Å². The average molecular weight is 187 g/mol. The average Bonchev–Trinajstić information content (AvgIpc) is 1.99. The first-order valence-corrected chi connectivity index (χ1v) is 4.21. The van der Waals surface area contributed by atoms with E-state index < -0.39 is 18.2 Å². The Morgan fingerprint density at radius 2 is 2.15 bits per heavy atom. The van der Waals surface area contributed by atoms with Crippen LogP contribution in [0.5, 0.6) is 0 Å². The predicted octanol–water partition coefficient (Wildman–Crippen LogP) is 2.43. The van der Waals surface area contributed by atoms with Gasteiger partial charge in [-0.2, -0.15) is 0 Å². The third kappa shape index (κ3) is 6.20. The topological polar surface area (TPSA) is 29.5 Å². The van der Waals surface area contributed by atoms with Gasteiger partial charge in [-0.15, -0.1) is 0 Å². The van der Waals surface area contributed by atoms with Crippen molar-refractivity contribution in [1.82, 2.24) is 4.90 Å². The summed E-state index contributed by atoms with van der Waals surface area (Å²) in [5, 5.41) is 0. The van der Waals surface area contributed by atoms with E-state index in [9.17, 15) is 4.79 Å². The lowest BCUT2D eigenvalue weighted by Gasteiger charge is -2.23. The van der Waals surface area contributed by atoms with E-state index in [2.05, 4.69) is 0 Å². The fourth-order valence-electron chi connectivity index (χ4n) is 0.569. The van der Waals surface area contributed by atoms with Gasteiger partial charge in [-0.1, -0.05) is 12.2 Å². The highest BCUT2D eigenvalue weighted by molar-refractivity contribution is 5.67. The van der Waals surface area contributed by atoms with Gasteiger partial charge < -0.3 is 9.64 Å². The molecule has 0 aliphatic rings. The van der Waals surface area contributed by atoms with Gasteiger partial charge >= 0.3 is 6.09 Å². The molecule has 13 heavy (non-hydrogen) atoms. The number of rotatable bonds is 2. The molecule has 0 aromatic heterocycles. The molecule has 0 rings (SSSR count).